The molecule has 0 radical (unpaired) electrons. The topological polar surface area (TPSA) is 68.3 Å². The minimum Gasteiger partial charge on any atom is -0.451 e. The zero-order valence-electron chi connectivity index (χ0n) is 9.65. The highest BCUT2D eigenvalue weighted by Gasteiger charge is 2.13. The maximum Gasteiger partial charge on any atom is 0.287 e. The molecule has 1 heterocycles. The van der Waals surface area contributed by atoms with Crippen LogP contribution < -0.4 is 11.1 Å². The summed E-state index contributed by atoms with van der Waals surface area (Å²) in [7, 11) is 0. The lowest BCUT2D eigenvalue weighted by molar-refractivity contribution is 0.0928. The number of amides is 1. The molecule has 0 unspecified atom stereocenters. The van der Waals surface area contributed by atoms with E-state index in [9.17, 15) is 9.18 Å². The van der Waals surface area contributed by atoms with Crippen LogP contribution in [0.15, 0.2) is 40.8 Å². The van der Waals surface area contributed by atoms with Crippen LogP contribution in [0, 0.1) is 5.82 Å². The average molecular weight is 248 g/mol. The Morgan fingerprint density at radius 3 is 2.78 bits per heavy atom. The summed E-state index contributed by atoms with van der Waals surface area (Å²) in [6.07, 6.45) is 0. The van der Waals surface area contributed by atoms with Gasteiger partial charge < -0.3 is 15.5 Å². The lowest BCUT2D eigenvalue weighted by atomic mass is 10.1. The Bertz CT molecular complexity index is 551. The number of hydrogen-bond acceptors (Lipinski definition) is 3. The van der Waals surface area contributed by atoms with Crippen LogP contribution in [0.4, 0.5) is 4.39 Å². The van der Waals surface area contributed by atoms with E-state index in [0.717, 1.165) is 0 Å². The van der Waals surface area contributed by atoms with Gasteiger partial charge in [-0.15, -0.1) is 0 Å². The zero-order chi connectivity index (χ0) is 13.0. The lowest BCUT2D eigenvalue weighted by Crippen LogP contribution is -2.28. The summed E-state index contributed by atoms with van der Waals surface area (Å²) in [6.45, 7) is 0.723. The molecule has 3 N–H and O–H groups in total. The van der Waals surface area contributed by atoms with E-state index in [1.54, 1.807) is 24.3 Å². The Kier molecular flexibility index (Phi) is 3.74. The van der Waals surface area contributed by atoms with Gasteiger partial charge in [0.2, 0.25) is 0 Å². The maximum atomic E-state index is 13.5. The van der Waals surface area contributed by atoms with Crippen molar-refractivity contribution >= 4 is 5.91 Å². The van der Waals surface area contributed by atoms with E-state index in [-0.39, 0.29) is 17.5 Å². The number of nitrogens with two attached hydrogens (primary N) is 1. The molecule has 1 aromatic heterocycles. The number of halogens is 1. The molecule has 4 nitrogen and oxygen atoms in total. The molecule has 0 saturated carbocycles. The Balaban J connectivity index is 2.21. The molecule has 0 aliphatic carbocycles. The van der Waals surface area contributed by atoms with Gasteiger partial charge in [-0.2, -0.15) is 0 Å². The van der Waals surface area contributed by atoms with Crippen molar-refractivity contribution in [3.63, 3.8) is 0 Å². The first kappa shape index (κ1) is 12.3. The third kappa shape index (κ3) is 2.57. The molecule has 5 heteroatoms. The third-order valence-corrected chi connectivity index (χ3v) is 2.40. The summed E-state index contributed by atoms with van der Waals surface area (Å²) >= 11 is 0. The van der Waals surface area contributed by atoms with Crippen molar-refractivity contribution in [3.05, 3.63) is 48.0 Å². The van der Waals surface area contributed by atoms with Gasteiger partial charge in [0.25, 0.3) is 5.91 Å². The Labute approximate surface area is 104 Å². The zero-order valence-corrected chi connectivity index (χ0v) is 9.65. The fraction of sp³-hybridized carbons (Fsp3) is 0.154. The number of carbonyl (C=O) groups excluding carboxylic acids is 1. The van der Waals surface area contributed by atoms with Crippen LogP contribution in [0.25, 0.3) is 11.3 Å². The van der Waals surface area contributed by atoms with E-state index in [4.69, 9.17) is 10.2 Å². The van der Waals surface area contributed by atoms with Gasteiger partial charge in [0.05, 0.1) is 5.56 Å². The van der Waals surface area contributed by atoms with Crippen LogP contribution in [0.2, 0.25) is 0 Å². The fourth-order valence-electron chi connectivity index (χ4n) is 1.54. The largest absolute Gasteiger partial charge is 0.451 e. The van der Waals surface area contributed by atoms with Gasteiger partial charge >= 0.3 is 0 Å². The molecule has 18 heavy (non-hydrogen) atoms. The van der Waals surface area contributed by atoms with Gasteiger partial charge in [0, 0.05) is 13.1 Å². The summed E-state index contributed by atoms with van der Waals surface area (Å²) in [5.41, 5.74) is 5.61. The maximum absolute atomic E-state index is 13.5. The second kappa shape index (κ2) is 5.46. The van der Waals surface area contributed by atoms with Crippen LogP contribution in [0.1, 0.15) is 10.6 Å². The van der Waals surface area contributed by atoms with Crippen LogP contribution in [0.5, 0.6) is 0 Å². The highest BCUT2D eigenvalue weighted by Crippen LogP contribution is 2.24. The second-order valence-electron chi connectivity index (χ2n) is 3.69. The number of hydrogen-bond donors (Lipinski definition) is 2. The van der Waals surface area contributed by atoms with Gasteiger partial charge in [-0.25, -0.2) is 4.39 Å². The van der Waals surface area contributed by atoms with E-state index >= 15 is 0 Å². The molecule has 0 atom stereocenters. The minimum absolute atomic E-state index is 0.140. The van der Waals surface area contributed by atoms with Crippen LogP contribution in [-0.2, 0) is 0 Å². The van der Waals surface area contributed by atoms with E-state index in [1.165, 1.54) is 12.1 Å². The molecule has 1 aromatic carbocycles. The number of carbonyl (C=O) groups is 1. The molecular formula is C13H13FN2O2. The predicted octanol–water partition coefficient (Wildman–Crippen LogP) is 1.77. The molecule has 0 saturated heterocycles. The summed E-state index contributed by atoms with van der Waals surface area (Å²) in [4.78, 5) is 11.6. The molecule has 1 amide bonds. The van der Waals surface area contributed by atoms with Crippen molar-refractivity contribution in [2.75, 3.05) is 13.1 Å². The first-order chi connectivity index (χ1) is 8.72. The van der Waals surface area contributed by atoms with Crippen LogP contribution >= 0.6 is 0 Å². The molecule has 0 aliphatic rings. The van der Waals surface area contributed by atoms with Gasteiger partial charge in [-0.3, -0.25) is 4.79 Å². The van der Waals surface area contributed by atoms with E-state index in [2.05, 4.69) is 5.32 Å². The van der Waals surface area contributed by atoms with Crippen molar-refractivity contribution < 1.29 is 13.6 Å². The Morgan fingerprint density at radius 2 is 2.06 bits per heavy atom. The smallest absolute Gasteiger partial charge is 0.287 e. The van der Waals surface area contributed by atoms with Gasteiger partial charge in [-0.1, -0.05) is 12.1 Å². The lowest BCUT2D eigenvalue weighted by Gasteiger charge is -2.00. The summed E-state index contributed by atoms with van der Waals surface area (Å²) in [5.74, 6) is -0.281. The number of rotatable bonds is 4. The van der Waals surface area contributed by atoms with Gasteiger partial charge in [0.1, 0.15) is 11.6 Å². The van der Waals surface area contributed by atoms with Crippen molar-refractivity contribution in [2.24, 2.45) is 5.73 Å². The van der Waals surface area contributed by atoms with Crippen molar-refractivity contribution in [3.8, 4) is 11.3 Å². The highest BCUT2D eigenvalue weighted by molar-refractivity contribution is 5.92. The second-order valence-corrected chi connectivity index (χ2v) is 3.69. The molecule has 0 spiro atoms. The van der Waals surface area contributed by atoms with E-state index < -0.39 is 0 Å². The summed E-state index contributed by atoms with van der Waals surface area (Å²) < 4.78 is 18.8. The first-order valence-electron chi connectivity index (χ1n) is 5.55. The normalized spacial score (nSPS) is 10.3. The molecule has 0 aliphatic heterocycles. The Hall–Kier alpha value is -2.14. The monoisotopic (exact) mass is 248 g/mol. The van der Waals surface area contributed by atoms with Crippen LogP contribution in [0.3, 0.4) is 0 Å². The number of furan rings is 1. The van der Waals surface area contributed by atoms with Crippen molar-refractivity contribution in [1.29, 1.82) is 0 Å². The Morgan fingerprint density at radius 1 is 1.28 bits per heavy atom. The minimum atomic E-state index is -0.388. The quantitative estimate of drug-likeness (QED) is 0.866. The van der Waals surface area contributed by atoms with Crippen molar-refractivity contribution in [1.82, 2.24) is 5.32 Å². The first-order valence-corrected chi connectivity index (χ1v) is 5.55. The standard InChI is InChI=1S/C13H13FN2O2/c14-10-4-2-1-3-9(10)11-5-6-12(18-11)13(17)16-8-7-15/h1-6H,7-8,15H2,(H,16,17). The summed E-state index contributed by atoms with van der Waals surface area (Å²) in [6, 6.07) is 9.30. The molecule has 0 bridgehead atoms. The molecule has 2 aromatic rings. The number of benzene rings is 1. The molecule has 94 valence electrons. The molecular weight excluding hydrogens is 235 g/mol. The van der Waals surface area contributed by atoms with Crippen molar-refractivity contribution in [2.45, 2.75) is 0 Å². The van der Waals surface area contributed by atoms with Gasteiger partial charge in [0.15, 0.2) is 5.76 Å². The highest BCUT2D eigenvalue weighted by atomic mass is 19.1. The fourth-order valence-corrected chi connectivity index (χ4v) is 1.54. The third-order valence-electron chi connectivity index (χ3n) is 2.40. The van der Waals surface area contributed by atoms with Gasteiger partial charge in [-0.05, 0) is 24.3 Å². The van der Waals surface area contributed by atoms with E-state index in [0.29, 0.717) is 24.4 Å². The number of nitrogens with one attached hydrogen (secondary N) is 1. The molecule has 0 fully saturated rings. The van der Waals surface area contributed by atoms with Crippen LogP contribution in [-0.4, -0.2) is 19.0 Å². The average Bonchev–Trinajstić information content (AvgIpc) is 2.86. The molecule has 2 rings (SSSR count). The SMILES string of the molecule is NCCNC(=O)c1ccc(-c2ccccc2F)o1. The summed E-state index contributed by atoms with van der Waals surface area (Å²) in [5, 5.41) is 2.58. The predicted molar refractivity (Wildman–Crippen MR) is 65.5 cm³/mol. The van der Waals surface area contributed by atoms with E-state index in [1.807, 2.05) is 0 Å².